The zero-order valence-corrected chi connectivity index (χ0v) is 15.7. The minimum absolute atomic E-state index is 0.0239. The molecule has 0 atom stereocenters. The van der Waals surface area contributed by atoms with Crippen molar-refractivity contribution < 1.29 is 18.7 Å². The Morgan fingerprint density at radius 3 is 2.45 bits per heavy atom. The summed E-state index contributed by atoms with van der Waals surface area (Å²) in [5.41, 5.74) is 3.69. The van der Waals surface area contributed by atoms with Crippen molar-refractivity contribution in [1.82, 2.24) is 10.3 Å². The Morgan fingerprint density at radius 1 is 0.966 bits per heavy atom. The molecule has 0 bridgehead atoms. The summed E-state index contributed by atoms with van der Waals surface area (Å²) in [6, 6.07) is 21.2. The summed E-state index contributed by atoms with van der Waals surface area (Å²) in [5.74, 6) is 0.0222. The molecule has 0 aliphatic rings. The summed E-state index contributed by atoms with van der Waals surface area (Å²) >= 11 is 0. The number of benzene rings is 3. The highest BCUT2D eigenvalue weighted by molar-refractivity contribution is 6.07. The number of oxazole rings is 1. The van der Waals surface area contributed by atoms with Crippen LogP contribution in [0.5, 0.6) is 5.75 Å². The van der Waals surface area contributed by atoms with E-state index in [-0.39, 0.29) is 11.7 Å². The number of carbonyl (C=O) groups excluding carboxylic acids is 2. The largest absolute Gasteiger partial charge is 0.433 e. The fourth-order valence-corrected chi connectivity index (χ4v) is 2.89. The number of fused-ring (bicyclic) bond motifs is 1. The molecule has 1 heterocycles. The summed E-state index contributed by atoms with van der Waals surface area (Å²) in [6.07, 6.45) is -0.564. The van der Waals surface area contributed by atoms with Gasteiger partial charge in [0, 0.05) is 12.1 Å². The molecule has 0 aliphatic heterocycles. The summed E-state index contributed by atoms with van der Waals surface area (Å²) in [7, 11) is 0. The van der Waals surface area contributed by atoms with Crippen LogP contribution in [0.4, 0.5) is 4.79 Å². The van der Waals surface area contributed by atoms with Crippen molar-refractivity contribution in [3.8, 4) is 5.75 Å². The number of amides is 1. The van der Waals surface area contributed by atoms with Gasteiger partial charge < -0.3 is 14.5 Å². The van der Waals surface area contributed by atoms with Crippen molar-refractivity contribution in [3.63, 3.8) is 0 Å². The van der Waals surface area contributed by atoms with E-state index in [2.05, 4.69) is 10.3 Å². The highest BCUT2D eigenvalue weighted by Gasteiger charge is 2.16. The molecule has 0 radical (unpaired) electrons. The van der Waals surface area contributed by atoms with E-state index in [0.717, 1.165) is 11.1 Å². The maximum absolute atomic E-state index is 12.6. The number of rotatable bonds is 5. The molecule has 0 saturated heterocycles. The fourth-order valence-electron chi connectivity index (χ4n) is 2.89. The highest BCUT2D eigenvalue weighted by Crippen LogP contribution is 2.19. The number of hydrogen-bond acceptors (Lipinski definition) is 5. The molecule has 6 nitrogen and oxygen atoms in total. The second-order valence-electron chi connectivity index (χ2n) is 6.51. The minimum atomic E-state index is -0.564. The predicted octanol–water partition coefficient (Wildman–Crippen LogP) is 4.66. The lowest BCUT2D eigenvalue weighted by Crippen LogP contribution is -2.26. The van der Waals surface area contributed by atoms with E-state index in [1.165, 1.54) is 0 Å². The molecular formula is C23H18N2O4. The fraction of sp³-hybridized carbons (Fsp3) is 0.0870. The molecule has 1 amide bonds. The maximum atomic E-state index is 12.6. The number of nitrogens with zero attached hydrogens (tertiary/aromatic N) is 1. The summed E-state index contributed by atoms with van der Waals surface area (Å²) in [4.78, 5) is 28.8. The number of aromatic nitrogens is 1. The molecule has 6 heteroatoms. The van der Waals surface area contributed by atoms with Gasteiger partial charge in [0.2, 0.25) is 5.78 Å². The third kappa shape index (κ3) is 4.16. The summed E-state index contributed by atoms with van der Waals surface area (Å²) < 4.78 is 10.8. The third-order valence-electron chi connectivity index (χ3n) is 4.50. The zero-order chi connectivity index (χ0) is 20.2. The van der Waals surface area contributed by atoms with Crippen LogP contribution in [-0.2, 0) is 6.54 Å². The topological polar surface area (TPSA) is 81.4 Å². The second kappa shape index (κ2) is 7.98. The minimum Gasteiger partial charge on any atom is -0.433 e. The van der Waals surface area contributed by atoms with Gasteiger partial charge in [-0.2, -0.15) is 0 Å². The van der Waals surface area contributed by atoms with Crippen LogP contribution in [0.2, 0.25) is 0 Å². The monoisotopic (exact) mass is 386 g/mol. The highest BCUT2D eigenvalue weighted by atomic mass is 16.6. The first-order valence-electron chi connectivity index (χ1n) is 9.11. The van der Waals surface area contributed by atoms with Gasteiger partial charge in [0.1, 0.15) is 11.3 Å². The van der Waals surface area contributed by atoms with Crippen LogP contribution < -0.4 is 10.1 Å². The van der Waals surface area contributed by atoms with E-state index in [4.69, 9.17) is 9.15 Å². The van der Waals surface area contributed by atoms with Crippen molar-refractivity contribution in [3.05, 3.63) is 95.4 Å². The number of ketones is 1. The number of para-hydroxylation sites is 2. The summed E-state index contributed by atoms with van der Waals surface area (Å²) in [5, 5.41) is 2.71. The van der Waals surface area contributed by atoms with E-state index in [1.807, 2.05) is 43.3 Å². The maximum Gasteiger partial charge on any atom is 0.412 e. The van der Waals surface area contributed by atoms with Crippen molar-refractivity contribution >= 4 is 23.0 Å². The first kappa shape index (κ1) is 18.4. The lowest BCUT2D eigenvalue weighted by Gasteiger charge is -2.08. The molecule has 0 spiro atoms. The van der Waals surface area contributed by atoms with Gasteiger partial charge in [-0.1, -0.05) is 36.4 Å². The van der Waals surface area contributed by atoms with Gasteiger partial charge in [-0.05, 0) is 54.4 Å². The molecule has 0 fully saturated rings. The molecule has 29 heavy (non-hydrogen) atoms. The van der Waals surface area contributed by atoms with Crippen LogP contribution in [0.25, 0.3) is 11.1 Å². The Morgan fingerprint density at radius 2 is 1.69 bits per heavy atom. The van der Waals surface area contributed by atoms with Crippen LogP contribution in [0.1, 0.15) is 27.4 Å². The van der Waals surface area contributed by atoms with Crippen molar-refractivity contribution in [2.45, 2.75) is 13.5 Å². The van der Waals surface area contributed by atoms with Gasteiger partial charge >= 0.3 is 6.09 Å². The van der Waals surface area contributed by atoms with Gasteiger partial charge in [-0.25, -0.2) is 9.78 Å². The smallest absolute Gasteiger partial charge is 0.412 e. The van der Waals surface area contributed by atoms with E-state index in [1.54, 1.807) is 36.4 Å². The molecule has 4 rings (SSSR count). The average Bonchev–Trinajstić information content (AvgIpc) is 3.17. The SMILES string of the molecule is Cc1ccccc1CNC(=O)Oc1ccc(C(=O)c2nc3ccccc3o2)cc1. The van der Waals surface area contributed by atoms with Crippen LogP contribution in [-0.4, -0.2) is 16.9 Å². The molecule has 0 unspecified atom stereocenters. The van der Waals surface area contributed by atoms with Gasteiger partial charge in [0.25, 0.3) is 5.89 Å². The predicted molar refractivity (Wildman–Crippen MR) is 108 cm³/mol. The van der Waals surface area contributed by atoms with Crippen LogP contribution in [0.15, 0.2) is 77.2 Å². The van der Waals surface area contributed by atoms with Crippen molar-refractivity contribution in [2.24, 2.45) is 0 Å². The lowest BCUT2D eigenvalue weighted by atomic mass is 10.1. The molecule has 1 aromatic heterocycles. The van der Waals surface area contributed by atoms with E-state index in [0.29, 0.717) is 29.0 Å². The quantitative estimate of drug-likeness (QED) is 0.505. The molecular weight excluding hydrogens is 368 g/mol. The average molecular weight is 386 g/mol. The van der Waals surface area contributed by atoms with Crippen molar-refractivity contribution in [1.29, 1.82) is 0 Å². The number of hydrogen-bond donors (Lipinski definition) is 1. The first-order chi connectivity index (χ1) is 14.1. The van der Waals surface area contributed by atoms with Gasteiger partial charge in [0.05, 0.1) is 0 Å². The number of nitrogens with one attached hydrogen (secondary N) is 1. The Bertz CT molecular complexity index is 1150. The number of carbonyl (C=O) groups is 2. The molecule has 4 aromatic rings. The Hall–Kier alpha value is -3.93. The Labute approximate surface area is 167 Å². The van der Waals surface area contributed by atoms with E-state index < -0.39 is 6.09 Å². The summed E-state index contributed by atoms with van der Waals surface area (Å²) in [6.45, 7) is 2.36. The molecule has 144 valence electrons. The van der Waals surface area contributed by atoms with Crippen molar-refractivity contribution in [2.75, 3.05) is 0 Å². The first-order valence-corrected chi connectivity index (χ1v) is 9.11. The van der Waals surface area contributed by atoms with Crippen LogP contribution in [0, 0.1) is 6.92 Å². The number of ether oxygens (including phenoxy) is 1. The van der Waals surface area contributed by atoms with E-state index >= 15 is 0 Å². The molecule has 3 aromatic carbocycles. The normalized spacial score (nSPS) is 10.7. The van der Waals surface area contributed by atoms with E-state index in [9.17, 15) is 9.59 Å². The van der Waals surface area contributed by atoms with Crippen LogP contribution in [0.3, 0.4) is 0 Å². The second-order valence-corrected chi connectivity index (χ2v) is 6.51. The third-order valence-corrected chi connectivity index (χ3v) is 4.50. The Kier molecular flexibility index (Phi) is 5.07. The lowest BCUT2D eigenvalue weighted by molar-refractivity contribution is 0.100. The molecule has 1 N–H and O–H groups in total. The van der Waals surface area contributed by atoms with Crippen LogP contribution >= 0.6 is 0 Å². The zero-order valence-electron chi connectivity index (χ0n) is 15.7. The standard InChI is InChI=1S/C23H18N2O4/c1-15-6-2-3-7-17(15)14-24-23(27)28-18-12-10-16(11-13-18)21(26)22-25-19-8-4-5-9-20(19)29-22/h2-13H,14H2,1H3,(H,24,27). The number of aryl methyl sites for hydroxylation is 1. The van der Waals surface area contributed by atoms with Gasteiger partial charge in [0.15, 0.2) is 5.58 Å². The van der Waals surface area contributed by atoms with Gasteiger partial charge in [-0.3, -0.25) is 4.79 Å². The molecule has 0 aliphatic carbocycles. The van der Waals surface area contributed by atoms with Gasteiger partial charge in [-0.15, -0.1) is 0 Å². The molecule has 0 saturated carbocycles. The Balaban J connectivity index is 1.39.